The summed E-state index contributed by atoms with van der Waals surface area (Å²) in [5.41, 5.74) is 1.73. The summed E-state index contributed by atoms with van der Waals surface area (Å²) in [5.74, 6) is -0.955. The molecule has 3 aromatic carbocycles. The zero-order valence-corrected chi connectivity index (χ0v) is 24.2. The topological polar surface area (TPSA) is 84.9 Å². The first-order valence-corrected chi connectivity index (χ1v) is 13.8. The number of amides is 3. The summed E-state index contributed by atoms with van der Waals surface area (Å²) >= 11 is 15.9. The summed E-state index contributed by atoms with van der Waals surface area (Å²) < 4.78 is 25.7. The Hall–Kier alpha value is -3.05. The fourth-order valence-electron chi connectivity index (χ4n) is 3.52. The molecule has 0 radical (unpaired) electrons. The van der Waals surface area contributed by atoms with Crippen LogP contribution in [0.2, 0.25) is 10.0 Å². The molecule has 4 rings (SSSR count). The maximum absolute atomic E-state index is 13.4. The molecular formula is C27H20BrCl2FN2O5S. The molecule has 1 N–H and O–H groups in total. The molecule has 7 nitrogen and oxygen atoms in total. The van der Waals surface area contributed by atoms with Gasteiger partial charge in [-0.15, -0.1) is 0 Å². The predicted octanol–water partition coefficient (Wildman–Crippen LogP) is 7.55. The largest absolute Gasteiger partial charge is 0.490 e. The summed E-state index contributed by atoms with van der Waals surface area (Å²) in [6.07, 6.45) is 1.54. The van der Waals surface area contributed by atoms with Crippen LogP contribution in [0.15, 0.2) is 64.0 Å². The molecule has 0 bridgehead atoms. The van der Waals surface area contributed by atoms with E-state index in [4.69, 9.17) is 32.7 Å². The quantitative estimate of drug-likeness (QED) is 0.240. The lowest BCUT2D eigenvalue weighted by atomic mass is 10.1. The highest BCUT2D eigenvalue weighted by atomic mass is 79.9. The molecule has 0 saturated carbocycles. The first-order valence-electron chi connectivity index (χ1n) is 11.5. The van der Waals surface area contributed by atoms with Crippen LogP contribution < -0.4 is 14.8 Å². The van der Waals surface area contributed by atoms with E-state index in [9.17, 15) is 18.8 Å². The van der Waals surface area contributed by atoms with Crippen molar-refractivity contribution in [1.29, 1.82) is 0 Å². The molecule has 1 heterocycles. The van der Waals surface area contributed by atoms with Gasteiger partial charge < -0.3 is 14.8 Å². The van der Waals surface area contributed by atoms with Gasteiger partial charge in [-0.3, -0.25) is 19.3 Å². The Morgan fingerprint density at radius 2 is 1.85 bits per heavy atom. The molecule has 39 heavy (non-hydrogen) atoms. The number of rotatable bonds is 9. The van der Waals surface area contributed by atoms with Crippen molar-refractivity contribution >= 4 is 79.7 Å². The third kappa shape index (κ3) is 7.33. The van der Waals surface area contributed by atoms with Crippen molar-refractivity contribution in [2.75, 3.05) is 18.5 Å². The van der Waals surface area contributed by atoms with Crippen LogP contribution in [0.5, 0.6) is 11.5 Å². The Kier molecular flexibility index (Phi) is 9.55. The van der Waals surface area contributed by atoms with Crippen LogP contribution >= 0.6 is 50.9 Å². The van der Waals surface area contributed by atoms with Gasteiger partial charge in [0.05, 0.1) is 21.0 Å². The molecule has 1 saturated heterocycles. The number of nitrogens with one attached hydrogen (secondary N) is 1. The number of benzene rings is 3. The monoisotopic (exact) mass is 652 g/mol. The van der Waals surface area contributed by atoms with Gasteiger partial charge in [0.15, 0.2) is 11.5 Å². The molecule has 0 aromatic heterocycles. The summed E-state index contributed by atoms with van der Waals surface area (Å²) in [6, 6.07) is 14.4. The van der Waals surface area contributed by atoms with Crippen LogP contribution in [0.25, 0.3) is 6.08 Å². The Morgan fingerprint density at radius 1 is 1.10 bits per heavy atom. The smallest absolute Gasteiger partial charge is 0.294 e. The summed E-state index contributed by atoms with van der Waals surface area (Å²) in [7, 11) is 0. The molecule has 3 amide bonds. The number of thioether (sulfide) groups is 1. The Morgan fingerprint density at radius 3 is 2.54 bits per heavy atom. The van der Waals surface area contributed by atoms with Gasteiger partial charge in [-0.25, -0.2) is 4.39 Å². The van der Waals surface area contributed by atoms with Crippen LogP contribution in [0.1, 0.15) is 18.1 Å². The minimum absolute atomic E-state index is 0.141. The number of carbonyl (C=O) groups excluding carboxylic acids is 3. The molecule has 1 aliphatic heterocycles. The molecule has 12 heteroatoms. The molecule has 1 aliphatic rings. The molecular weight excluding hydrogens is 634 g/mol. The van der Waals surface area contributed by atoms with Crippen molar-refractivity contribution in [2.45, 2.75) is 13.5 Å². The first kappa shape index (κ1) is 28.9. The molecule has 0 atom stereocenters. The third-order valence-corrected chi connectivity index (χ3v) is 7.34. The van der Waals surface area contributed by atoms with E-state index in [1.54, 1.807) is 30.3 Å². The number of anilines is 1. The van der Waals surface area contributed by atoms with E-state index in [1.165, 1.54) is 12.1 Å². The minimum Gasteiger partial charge on any atom is -0.490 e. The van der Waals surface area contributed by atoms with E-state index < -0.39 is 29.4 Å². The van der Waals surface area contributed by atoms with Crippen LogP contribution in [0.4, 0.5) is 14.9 Å². The lowest BCUT2D eigenvalue weighted by molar-refractivity contribution is -0.127. The maximum atomic E-state index is 13.4. The zero-order valence-electron chi connectivity index (χ0n) is 20.3. The van der Waals surface area contributed by atoms with Gasteiger partial charge >= 0.3 is 0 Å². The van der Waals surface area contributed by atoms with E-state index in [0.717, 1.165) is 16.5 Å². The van der Waals surface area contributed by atoms with Gasteiger partial charge in [0.2, 0.25) is 5.91 Å². The number of ether oxygens (including phenoxy) is 2. The van der Waals surface area contributed by atoms with Gasteiger partial charge in [-0.2, -0.15) is 0 Å². The maximum Gasteiger partial charge on any atom is 0.294 e. The number of hydrogen-bond donors (Lipinski definition) is 1. The SMILES string of the molecule is CCOc1cc(/C=C2/SC(=O)N(CC(=O)Nc3ccc(F)c(Cl)c3)C2=O)cc(Br)c1OCc1ccc(Cl)cc1. The van der Waals surface area contributed by atoms with Crippen molar-refractivity contribution in [3.8, 4) is 11.5 Å². The lowest BCUT2D eigenvalue weighted by Crippen LogP contribution is -2.36. The van der Waals surface area contributed by atoms with E-state index in [1.807, 2.05) is 19.1 Å². The molecule has 0 spiro atoms. The average molecular weight is 654 g/mol. The van der Waals surface area contributed by atoms with Crippen LogP contribution in [-0.4, -0.2) is 35.1 Å². The number of nitrogens with zero attached hydrogens (tertiary/aromatic N) is 1. The van der Waals surface area contributed by atoms with E-state index in [0.29, 0.717) is 44.9 Å². The fraction of sp³-hybridized carbons (Fsp3) is 0.148. The van der Waals surface area contributed by atoms with E-state index in [-0.39, 0.29) is 22.2 Å². The van der Waals surface area contributed by atoms with Crippen molar-refractivity contribution < 1.29 is 28.2 Å². The Bertz CT molecular complexity index is 1470. The summed E-state index contributed by atoms with van der Waals surface area (Å²) in [4.78, 5) is 38.9. The summed E-state index contributed by atoms with van der Waals surface area (Å²) in [5, 5.41) is 2.37. The van der Waals surface area contributed by atoms with E-state index >= 15 is 0 Å². The number of halogens is 4. The highest BCUT2D eigenvalue weighted by Gasteiger charge is 2.36. The van der Waals surface area contributed by atoms with Gasteiger partial charge in [-0.1, -0.05) is 35.3 Å². The van der Waals surface area contributed by atoms with Gasteiger partial charge in [0.1, 0.15) is 19.0 Å². The van der Waals surface area contributed by atoms with Crippen molar-refractivity contribution in [1.82, 2.24) is 4.90 Å². The van der Waals surface area contributed by atoms with Crippen molar-refractivity contribution in [2.24, 2.45) is 0 Å². The summed E-state index contributed by atoms with van der Waals surface area (Å²) in [6.45, 7) is 1.97. The normalized spacial score (nSPS) is 14.2. The van der Waals surface area contributed by atoms with E-state index in [2.05, 4.69) is 21.2 Å². The highest BCUT2D eigenvalue weighted by molar-refractivity contribution is 9.10. The zero-order chi connectivity index (χ0) is 28.1. The van der Waals surface area contributed by atoms with Crippen molar-refractivity contribution in [3.63, 3.8) is 0 Å². The van der Waals surface area contributed by atoms with Crippen LogP contribution in [0, 0.1) is 5.82 Å². The molecule has 0 unspecified atom stereocenters. The Balaban J connectivity index is 1.48. The molecule has 0 aliphatic carbocycles. The second kappa shape index (κ2) is 12.9. The second-order valence-corrected chi connectivity index (χ2v) is 10.8. The average Bonchev–Trinajstić information content (AvgIpc) is 3.14. The standard InChI is InChI=1S/C27H20BrCl2FN2O5S/c1-2-37-22-10-16(9-19(28)25(22)38-14-15-3-5-17(29)6-4-15)11-23-26(35)33(27(36)39-23)13-24(34)32-18-7-8-21(31)20(30)12-18/h3-12H,2,13-14H2,1H3,(H,32,34)/b23-11+. The third-order valence-electron chi connectivity index (χ3n) is 5.30. The minimum atomic E-state index is -0.634. The Labute approximate surface area is 246 Å². The first-order chi connectivity index (χ1) is 18.6. The van der Waals surface area contributed by atoms with Crippen molar-refractivity contribution in [3.05, 3.63) is 91.0 Å². The molecule has 3 aromatic rings. The molecule has 1 fully saturated rings. The second-order valence-electron chi connectivity index (χ2n) is 8.12. The lowest BCUT2D eigenvalue weighted by Gasteiger charge is -2.15. The number of hydrogen-bond acceptors (Lipinski definition) is 6. The fourth-order valence-corrected chi connectivity index (χ4v) is 5.24. The number of carbonyl (C=O) groups is 3. The predicted molar refractivity (Wildman–Crippen MR) is 154 cm³/mol. The van der Waals surface area contributed by atoms with Gasteiger partial charge in [-0.05, 0) is 94.3 Å². The molecule has 202 valence electrons. The van der Waals surface area contributed by atoms with Crippen LogP contribution in [-0.2, 0) is 16.2 Å². The number of imide groups is 1. The van der Waals surface area contributed by atoms with Gasteiger partial charge in [0, 0.05) is 10.7 Å². The highest BCUT2D eigenvalue weighted by Crippen LogP contribution is 2.40. The van der Waals surface area contributed by atoms with Crippen LogP contribution in [0.3, 0.4) is 0 Å². The van der Waals surface area contributed by atoms with Gasteiger partial charge in [0.25, 0.3) is 11.1 Å².